The van der Waals surface area contributed by atoms with E-state index < -0.39 is 11.5 Å². The van der Waals surface area contributed by atoms with Crippen LogP contribution in [-0.4, -0.2) is 71.1 Å². The molecule has 2 aromatic rings. The van der Waals surface area contributed by atoms with Crippen molar-refractivity contribution in [1.82, 2.24) is 25.1 Å². The maximum Gasteiger partial charge on any atom is 0.253 e. The highest BCUT2D eigenvalue weighted by Crippen LogP contribution is 2.37. The highest BCUT2D eigenvalue weighted by atomic mass is 16.5. The van der Waals surface area contributed by atoms with Gasteiger partial charge in [-0.25, -0.2) is 4.98 Å². The molecule has 2 saturated heterocycles. The minimum atomic E-state index is -0.614. The molecule has 1 spiro atoms. The molecule has 194 valence electrons. The molecule has 2 N–H and O–H groups in total. The highest BCUT2D eigenvalue weighted by molar-refractivity contribution is 5.95. The van der Waals surface area contributed by atoms with Gasteiger partial charge in [0.1, 0.15) is 11.9 Å². The van der Waals surface area contributed by atoms with Crippen LogP contribution in [0.4, 0.5) is 0 Å². The molecule has 0 unspecified atom stereocenters. The van der Waals surface area contributed by atoms with Crippen molar-refractivity contribution in [2.45, 2.75) is 58.5 Å². The number of hydrogen-bond donors (Lipinski definition) is 2. The number of nitrogens with one attached hydrogen (secondary N) is 2. The molecular weight excluding hydrogens is 458 g/mol. The Hall–Kier alpha value is -3.20. The second-order valence-electron chi connectivity index (χ2n) is 9.93. The van der Waals surface area contributed by atoms with Crippen molar-refractivity contribution >= 4 is 17.7 Å². The van der Waals surface area contributed by atoms with E-state index in [-0.39, 0.29) is 17.7 Å². The zero-order valence-corrected chi connectivity index (χ0v) is 21.3. The van der Waals surface area contributed by atoms with Crippen LogP contribution in [0.1, 0.15) is 60.8 Å². The summed E-state index contributed by atoms with van der Waals surface area (Å²) in [5.41, 5.74) is 1.11. The van der Waals surface area contributed by atoms with Crippen LogP contribution in [0.15, 0.2) is 36.7 Å². The first-order chi connectivity index (χ1) is 17.4. The summed E-state index contributed by atoms with van der Waals surface area (Å²) in [5.74, 6) is 0.618. The molecule has 3 amide bonds. The van der Waals surface area contributed by atoms with Gasteiger partial charge in [-0.1, -0.05) is 18.6 Å². The predicted molar refractivity (Wildman–Crippen MR) is 135 cm³/mol. The quantitative estimate of drug-likeness (QED) is 0.680. The first-order valence-electron chi connectivity index (χ1n) is 12.9. The summed E-state index contributed by atoms with van der Waals surface area (Å²) in [6, 6.07) is 7.11. The third-order valence-electron chi connectivity index (χ3n) is 7.42. The number of rotatable bonds is 3. The number of benzene rings is 1. The number of nitrogens with zero attached hydrogens (tertiary/aromatic N) is 3. The fourth-order valence-corrected chi connectivity index (χ4v) is 5.07. The molecule has 4 rings (SSSR count). The van der Waals surface area contributed by atoms with Crippen LogP contribution in [-0.2, 0) is 20.9 Å². The highest BCUT2D eigenvalue weighted by Gasteiger charge is 2.42. The van der Waals surface area contributed by atoms with Gasteiger partial charge in [0.05, 0.1) is 12.0 Å². The fraction of sp³-hybridized carbons (Fsp3) is 0.556. The molecule has 9 nitrogen and oxygen atoms in total. The van der Waals surface area contributed by atoms with Crippen LogP contribution >= 0.6 is 0 Å². The minimum absolute atomic E-state index is 0.0137. The fourth-order valence-electron chi connectivity index (χ4n) is 5.07. The van der Waals surface area contributed by atoms with Crippen LogP contribution in [0.5, 0.6) is 0 Å². The lowest BCUT2D eigenvalue weighted by molar-refractivity contribution is -0.137. The van der Waals surface area contributed by atoms with E-state index in [9.17, 15) is 14.4 Å². The molecule has 1 atom stereocenters. The van der Waals surface area contributed by atoms with E-state index in [2.05, 4.69) is 15.6 Å². The molecule has 2 aliphatic rings. The molecule has 36 heavy (non-hydrogen) atoms. The summed E-state index contributed by atoms with van der Waals surface area (Å²) in [5, 5.41) is 5.74. The zero-order valence-electron chi connectivity index (χ0n) is 21.3. The molecule has 1 aromatic heterocycles. The summed E-state index contributed by atoms with van der Waals surface area (Å²) in [7, 11) is 0. The molecule has 3 heterocycles. The van der Waals surface area contributed by atoms with Gasteiger partial charge >= 0.3 is 0 Å². The van der Waals surface area contributed by atoms with Crippen LogP contribution in [0.25, 0.3) is 0 Å². The Morgan fingerprint density at radius 2 is 1.97 bits per heavy atom. The van der Waals surface area contributed by atoms with E-state index in [1.165, 1.54) is 0 Å². The number of aryl methyl sites for hydroxylation is 1. The molecule has 2 fully saturated rings. The zero-order chi connectivity index (χ0) is 25.5. The van der Waals surface area contributed by atoms with Gasteiger partial charge in [-0.2, -0.15) is 0 Å². The van der Waals surface area contributed by atoms with Crippen LogP contribution in [0.2, 0.25) is 0 Å². The molecule has 0 saturated carbocycles. The largest absolute Gasteiger partial charge is 0.380 e. The lowest BCUT2D eigenvalue weighted by Gasteiger charge is -2.41. The Morgan fingerprint density at radius 1 is 1.17 bits per heavy atom. The summed E-state index contributed by atoms with van der Waals surface area (Å²) < 4.78 is 7.65. The van der Waals surface area contributed by atoms with Crippen LogP contribution in [0.3, 0.4) is 0 Å². The number of aromatic nitrogens is 2. The Morgan fingerprint density at radius 3 is 2.72 bits per heavy atom. The number of carbonyl (C=O) groups excluding carboxylic acids is 3. The molecule has 1 aromatic carbocycles. The van der Waals surface area contributed by atoms with Gasteiger partial charge in [-0.15, -0.1) is 0 Å². The Kier molecular flexibility index (Phi) is 8.40. The first-order valence-corrected chi connectivity index (χ1v) is 12.9. The molecule has 9 heteroatoms. The SMILES string of the molecule is Cc1nccn1Cc1cccc(C(=O)N2CCC3(CCCCOCCNC(=O)[C@H](C)NC3=O)CC2)c1. The molecule has 2 aliphatic heterocycles. The van der Waals surface area contributed by atoms with Gasteiger partial charge in [-0.3, -0.25) is 14.4 Å². The monoisotopic (exact) mass is 495 g/mol. The lowest BCUT2D eigenvalue weighted by atomic mass is 9.73. The Balaban J connectivity index is 1.42. The molecule has 0 bridgehead atoms. The van der Waals surface area contributed by atoms with E-state index in [1.807, 2.05) is 46.9 Å². The Labute approximate surface area is 212 Å². The summed E-state index contributed by atoms with van der Waals surface area (Å²) in [6.45, 7) is 6.86. The number of likely N-dealkylation sites (tertiary alicyclic amines) is 1. The number of hydrogen-bond acceptors (Lipinski definition) is 5. The van der Waals surface area contributed by atoms with Crippen molar-refractivity contribution in [2.24, 2.45) is 5.41 Å². The smallest absolute Gasteiger partial charge is 0.253 e. The number of piperidine rings is 1. The van der Waals surface area contributed by atoms with Crippen LogP contribution < -0.4 is 10.6 Å². The van der Waals surface area contributed by atoms with Gasteiger partial charge in [0.2, 0.25) is 11.8 Å². The topological polar surface area (TPSA) is 106 Å². The van der Waals surface area contributed by atoms with Crippen molar-refractivity contribution in [1.29, 1.82) is 0 Å². The number of amides is 3. The number of carbonyl (C=O) groups is 3. The van der Waals surface area contributed by atoms with E-state index >= 15 is 0 Å². The lowest BCUT2D eigenvalue weighted by Crippen LogP contribution is -2.54. The van der Waals surface area contributed by atoms with Gasteiger partial charge in [-0.05, 0) is 57.2 Å². The van der Waals surface area contributed by atoms with E-state index in [4.69, 9.17) is 4.74 Å². The number of ether oxygens (including phenoxy) is 1. The van der Waals surface area contributed by atoms with Crippen molar-refractivity contribution in [3.63, 3.8) is 0 Å². The summed E-state index contributed by atoms with van der Waals surface area (Å²) in [6.07, 6.45) is 7.31. The minimum Gasteiger partial charge on any atom is -0.380 e. The van der Waals surface area contributed by atoms with Gasteiger partial charge in [0.25, 0.3) is 5.91 Å². The van der Waals surface area contributed by atoms with Crippen molar-refractivity contribution in [2.75, 3.05) is 32.8 Å². The molecular formula is C27H37N5O4. The summed E-state index contributed by atoms with van der Waals surface area (Å²) >= 11 is 0. The third-order valence-corrected chi connectivity index (χ3v) is 7.42. The average molecular weight is 496 g/mol. The van der Waals surface area contributed by atoms with E-state index in [1.54, 1.807) is 13.1 Å². The Bertz CT molecular complexity index is 1070. The number of imidazole rings is 1. The maximum absolute atomic E-state index is 13.4. The van der Waals surface area contributed by atoms with Gasteiger partial charge in [0.15, 0.2) is 0 Å². The van der Waals surface area contributed by atoms with Crippen LogP contribution in [0, 0.1) is 12.3 Å². The maximum atomic E-state index is 13.4. The van der Waals surface area contributed by atoms with Crippen molar-refractivity contribution in [3.8, 4) is 0 Å². The third kappa shape index (κ3) is 6.13. The molecule has 0 radical (unpaired) electrons. The summed E-state index contributed by atoms with van der Waals surface area (Å²) in [4.78, 5) is 45.2. The predicted octanol–water partition coefficient (Wildman–Crippen LogP) is 2.28. The van der Waals surface area contributed by atoms with Gasteiger partial charge < -0.3 is 24.8 Å². The van der Waals surface area contributed by atoms with E-state index in [0.717, 1.165) is 30.7 Å². The normalized spacial score (nSPS) is 21.6. The van der Waals surface area contributed by atoms with E-state index in [0.29, 0.717) is 57.8 Å². The molecule has 0 aliphatic carbocycles. The van der Waals surface area contributed by atoms with Crippen molar-refractivity contribution in [3.05, 3.63) is 53.6 Å². The van der Waals surface area contributed by atoms with Gasteiger partial charge in [0, 0.05) is 50.7 Å². The second-order valence-corrected chi connectivity index (χ2v) is 9.93. The second kappa shape index (κ2) is 11.7. The average Bonchev–Trinajstić information content (AvgIpc) is 3.29. The van der Waals surface area contributed by atoms with Crippen molar-refractivity contribution < 1.29 is 19.1 Å². The standard InChI is InChI=1S/C27H37N5O4/c1-20-24(33)29-12-17-36-16-4-3-8-27(26(35)30-20)9-13-31(14-10-27)25(34)23-7-5-6-22(18-23)19-32-15-11-28-21(32)2/h5-7,11,15,18,20H,3-4,8-10,12-14,16-17,19H2,1-2H3,(H,29,33)(H,30,35)/t20-/m0/s1. The first kappa shape index (κ1) is 25.9.